The van der Waals surface area contributed by atoms with Crippen molar-refractivity contribution >= 4 is 5.69 Å². The third-order valence-electron chi connectivity index (χ3n) is 5.29. The molecule has 3 aromatic rings. The number of hydrogen-bond acceptors (Lipinski definition) is 6. The van der Waals surface area contributed by atoms with Gasteiger partial charge < -0.3 is 19.3 Å². The Kier molecular flexibility index (Phi) is 6.85. The van der Waals surface area contributed by atoms with Crippen molar-refractivity contribution in [2.45, 2.75) is 58.4 Å². The largest absolute Gasteiger partial charge is 0.454 e. The Hall–Kier alpha value is -3.02. The normalized spacial score (nSPS) is 12.3. The van der Waals surface area contributed by atoms with E-state index in [2.05, 4.69) is 34.5 Å². The summed E-state index contributed by atoms with van der Waals surface area (Å²) in [5.74, 6) is 2.96. The number of aromatic nitrogens is 2. The van der Waals surface area contributed by atoms with Crippen LogP contribution in [0.15, 0.2) is 47.0 Å². The summed E-state index contributed by atoms with van der Waals surface area (Å²) in [6.45, 7) is 3.24. The van der Waals surface area contributed by atoms with Crippen LogP contribution in [0.5, 0.6) is 11.5 Å². The fourth-order valence-electron chi connectivity index (χ4n) is 3.51. The molecule has 1 N–H and O–H groups in total. The molecule has 0 fully saturated rings. The molecule has 0 atom stereocenters. The molecular weight excluding hydrogens is 378 g/mol. The molecule has 0 amide bonds. The Balaban J connectivity index is 1.26. The molecule has 0 spiro atoms. The molecule has 0 unspecified atom stereocenters. The molecule has 1 aliphatic rings. The maximum Gasteiger partial charge on any atom is 0.257 e. The average Bonchev–Trinajstić information content (AvgIpc) is 3.44. The van der Waals surface area contributed by atoms with Gasteiger partial charge in [-0.15, -0.1) is 0 Å². The predicted octanol–water partition coefficient (Wildman–Crippen LogP) is 5.98. The molecule has 0 bridgehead atoms. The molecule has 0 saturated heterocycles. The standard InChI is InChI=1S/C24H29N3O3/c1-2-3-4-5-6-7-8-23-26-24(30-27-23)19-11-9-18(10-12-19)16-25-20-13-14-21-22(15-20)29-17-28-21/h9-15,25H,2-8,16-17H2,1H3. The van der Waals surface area contributed by atoms with Gasteiger partial charge >= 0.3 is 0 Å². The zero-order chi connectivity index (χ0) is 20.6. The van der Waals surface area contributed by atoms with E-state index in [4.69, 9.17) is 14.0 Å². The lowest BCUT2D eigenvalue weighted by molar-refractivity contribution is 0.174. The fourth-order valence-corrected chi connectivity index (χ4v) is 3.51. The summed E-state index contributed by atoms with van der Waals surface area (Å²) in [4.78, 5) is 4.55. The maximum absolute atomic E-state index is 5.46. The number of hydrogen-bond donors (Lipinski definition) is 1. The van der Waals surface area contributed by atoms with Gasteiger partial charge in [-0.2, -0.15) is 4.98 Å². The molecule has 2 aromatic carbocycles. The van der Waals surface area contributed by atoms with Crippen LogP contribution < -0.4 is 14.8 Å². The molecule has 6 nitrogen and oxygen atoms in total. The van der Waals surface area contributed by atoms with E-state index in [0.29, 0.717) is 12.4 Å². The molecule has 0 aliphatic carbocycles. The van der Waals surface area contributed by atoms with Crippen molar-refractivity contribution in [2.24, 2.45) is 0 Å². The summed E-state index contributed by atoms with van der Waals surface area (Å²) in [7, 11) is 0. The van der Waals surface area contributed by atoms with Crippen LogP contribution in [0.25, 0.3) is 11.5 Å². The van der Waals surface area contributed by atoms with Crippen molar-refractivity contribution in [3.05, 3.63) is 53.9 Å². The van der Waals surface area contributed by atoms with E-state index in [1.807, 2.05) is 30.3 Å². The number of unbranched alkanes of at least 4 members (excludes halogenated alkanes) is 5. The first-order chi connectivity index (χ1) is 14.8. The molecule has 158 valence electrons. The molecule has 0 saturated carbocycles. The number of aryl methyl sites for hydroxylation is 1. The van der Waals surface area contributed by atoms with Gasteiger partial charge in [-0.1, -0.05) is 56.3 Å². The Bertz CT molecular complexity index is 937. The maximum atomic E-state index is 5.46. The van der Waals surface area contributed by atoms with Crippen LogP contribution in [0.4, 0.5) is 5.69 Å². The first kappa shape index (κ1) is 20.3. The second-order valence-corrected chi connectivity index (χ2v) is 7.65. The second kappa shape index (κ2) is 10.1. The van der Waals surface area contributed by atoms with Gasteiger partial charge in [0.25, 0.3) is 5.89 Å². The SMILES string of the molecule is CCCCCCCCc1noc(-c2ccc(CNc3ccc4c(c3)OCO4)cc2)n1. The van der Waals surface area contributed by atoms with Gasteiger partial charge in [0.05, 0.1) is 0 Å². The highest BCUT2D eigenvalue weighted by atomic mass is 16.7. The summed E-state index contributed by atoms with van der Waals surface area (Å²) in [6, 6.07) is 14.1. The molecule has 30 heavy (non-hydrogen) atoms. The van der Waals surface area contributed by atoms with E-state index in [1.165, 1.54) is 37.7 Å². The number of nitrogens with one attached hydrogen (secondary N) is 1. The van der Waals surface area contributed by atoms with Gasteiger partial charge in [0.15, 0.2) is 17.3 Å². The van der Waals surface area contributed by atoms with Crippen LogP contribution in [0, 0.1) is 0 Å². The monoisotopic (exact) mass is 407 g/mol. The number of fused-ring (bicyclic) bond motifs is 1. The number of ether oxygens (including phenoxy) is 2. The first-order valence-electron chi connectivity index (χ1n) is 10.9. The second-order valence-electron chi connectivity index (χ2n) is 7.65. The van der Waals surface area contributed by atoms with Gasteiger partial charge in [0.1, 0.15) is 0 Å². The first-order valence-corrected chi connectivity index (χ1v) is 10.9. The minimum absolute atomic E-state index is 0.288. The van der Waals surface area contributed by atoms with Crippen molar-refractivity contribution in [1.29, 1.82) is 0 Å². The number of nitrogens with zero attached hydrogens (tertiary/aromatic N) is 2. The van der Waals surface area contributed by atoms with E-state index in [1.54, 1.807) is 0 Å². The van der Waals surface area contributed by atoms with Crippen molar-refractivity contribution in [3.63, 3.8) is 0 Å². The summed E-state index contributed by atoms with van der Waals surface area (Å²) >= 11 is 0. The lowest BCUT2D eigenvalue weighted by Gasteiger charge is -2.07. The topological polar surface area (TPSA) is 69.4 Å². The average molecular weight is 408 g/mol. The van der Waals surface area contributed by atoms with Gasteiger partial charge in [0, 0.05) is 30.3 Å². The highest BCUT2D eigenvalue weighted by Gasteiger charge is 2.13. The summed E-state index contributed by atoms with van der Waals surface area (Å²) in [6.07, 6.45) is 8.45. The highest BCUT2D eigenvalue weighted by Crippen LogP contribution is 2.34. The summed E-state index contributed by atoms with van der Waals surface area (Å²) < 4.78 is 16.2. The number of anilines is 1. The molecule has 1 aliphatic heterocycles. The minimum atomic E-state index is 0.288. The molecule has 4 rings (SSSR count). The van der Waals surface area contributed by atoms with E-state index in [9.17, 15) is 0 Å². The van der Waals surface area contributed by atoms with Gasteiger partial charge in [-0.05, 0) is 36.2 Å². The Morgan fingerprint density at radius 3 is 2.57 bits per heavy atom. The Morgan fingerprint density at radius 1 is 0.900 bits per heavy atom. The zero-order valence-corrected chi connectivity index (χ0v) is 17.5. The molecule has 6 heteroatoms. The predicted molar refractivity (Wildman–Crippen MR) is 117 cm³/mol. The van der Waals surface area contributed by atoms with Gasteiger partial charge in [-0.25, -0.2) is 0 Å². The zero-order valence-electron chi connectivity index (χ0n) is 17.5. The third-order valence-corrected chi connectivity index (χ3v) is 5.29. The lowest BCUT2D eigenvalue weighted by atomic mass is 10.1. The van der Waals surface area contributed by atoms with E-state index >= 15 is 0 Å². The molecular formula is C24H29N3O3. The molecule has 2 heterocycles. The minimum Gasteiger partial charge on any atom is -0.454 e. The highest BCUT2D eigenvalue weighted by molar-refractivity contribution is 5.56. The van der Waals surface area contributed by atoms with Crippen LogP contribution in [0.3, 0.4) is 0 Å². The van der Waals surface area contributed by atoms with E-state index in [0.717, 1.165) is 41.4 Å². The number of rotatable bonds is 11. The molecule has 0 radical (unpaired) electrons. The van der Waals surface area contributed by atoms with Crippen molar-refractivity contribution < 1.29 is 14.0 Å². The van der Waals surface area contributed by atoms with Crippen LogP contribution in [0.2, 0.25) is 0 Å². The van der Waals surface area contributed by atoms with Gasteiger partial charge in [0.2, 0.25) is 6.79 Å². The fraction of sp³-hybridized carbons (Fsp3) is 0.417. The number of benzene rings is 2. The van der Waals surface area contributed by atoms with Crippen LogP contribution in [-0.4, -0.2) is 16.9 Å². The van der Waals surface area contributed by atoms with Crippen molar-refractivity contribution in [1.82, 2.24) is 10.1 Å². The third kappa shape index (κ3) is 5.32. The van der Waals surface area contributed by atoms with Crippen LogP contribution in [0.1, 0.15) is 56.8 Å². The van der Waals surface area contributed by atoms with Gasteiger partial charge in [-0.3, -0.25) is 0 Å². The van der Waals surface area contributed by atoms with Crippen molar-refractivity contribution in [2.75, 3.05) is 12.1 Å². The Morgan fingerprint density at radius 2 is 1.70 bits per heavy atom. The van der Waals surface area contributed by atoms with Crippen LogP contribution in [-0.2, 0) is 13.0 Å². The van der Waals surface area contributed by atoms with Crippen molar-refractivity contribution in [3.8, 4) is 23.0 Å². The van der Waals surface area contributed by atoms with E-state index in [-0.39, 0.29) is 6.79 Å². The lowest BCUT2D eigenvalue weighted by Crippen LogP contribution is -1.99. The molecule has 1 aromatic heterocycles. The quantitative estimate of drug-likeness (QED) is 0.394. The summed E-state index contributed by atoms with van der Waals surface area (Å²) in [5.41, 5.74) is 3.12. The van der Waals surface area contributed by atoms with Crippen LogP contribution >= 0.6 is 0 Å². The Labute approximate surface area is 177 Å². The summed E-state index contributed by atoms with van der Waals surface area (Å²) in [5, 5.41) is 7.54. The van der Waals surface area contributed by atoms with E-state index < -0.39 is 0 Å². The smallest absolute Gasteiger partial charge is 0.257 e.